The van der Waals surface area contributed by atoms with Crippen LogP contribution in [0.2, 0.25) is 0 Å². The Morgan fingerprint density at radius 3 is 1.09 bits per heavy atom. The molecule has 0 amide bonds. The molecule has 0 aliphatic rings. The van der Waals surface area contributed by atoms with Crippen LogP contribution < -0.4 is 0 Å². The predicted molar refractivity (Wildman–Crippen MR) is 510 cm³/mol. The van der Waals surface area contributed by atoms with Crippen LogP contribution >= 0.6 is 0 Å². The number of benzene rings is 12. The van der Waals surface area contributed by atoms with Gasteiger partial charge in [-0.1, -0.05) is 129 Å². The number of hydrogen-bond acceptors (Lipinski definition) is 15. The molecule has 0 bridgehead atoms. The van der Waals surface area contributed by atoms with Crippen LogP contribution in [0.3, 0.4) is 0 Å². The molecule has 0 spiro atoms. The fourth-order valence-electron chi connectivity index (χ4n) is 17.5. The largest absolute Gasteiger partial charge is 2.00 e. The van der Waals surface area contributed by atoms with Crippen LogP contribution in [0.4, 0.5) is 0 Å². The molecule has 135 heavy (non-hydrogen) atoms. The van der Waals surface area contributed by atoms with Crippen molar-refractivity contribution < 1.29 is 103 Å². The first-order valence-electron chi connectivity index (χ1n) is 42.7. The number of fused-ring (bicyclic) bond motifs is 12. The second-order valence-electron chi connectivity index (χ2n) is 31.5. The number of aromatic nitrogens is 9. The van der Waals surface area contributed by atoms with Gasteiger partial charge in [-0.15, -0.1) is 132 Å². The van der Waals surface area contributed by atoms with Crippen molar-refractivity contribution in [2.45, 2.75) is 0 Å². The molecule has 18 nitrogen and oxygen atoms in total. The first-order chi connectivity index (χ1) is 65.4. The molecule has 0 fully saturated rings. The minimum Gasteiger partial charge on any atom is -0.481 e. The predicted octanol–water partition coefficient (Wildman–Crippen LogP) is 29.3. The number of rotatable bonds is 15. The summed E-state index contributed by atoms with van der Waals surface area (Å²) in [4.78, 5) is 28.2. The van der Waals surface area contributed by atoms with Gasteiger partial charge in [0.15, 0.2) is 0 Å². The third-order valence-corrected chi connectivity index (χ3v) is 23.6. The van der Waals surface area contributed by atoms with Gasteiger partial charge in [-0.05, 0) is 230 Å². The second-order valence-corrected chi connectivity index (χ2v) is 31.5. The topological polar surface area (TPSA) is 210 Å². The summed E-state index contributed by atoms with van der Waals surface area (Å²) in [6, 6.07) is 130. The molecule has 27 aromatic rings. The zero-order valence-electron chi connectivity index (χ0n) is 70.5. The number of para-hydroxylation sites is 6. The van der Waals surface area contributed by atoms with E-state index in [1.54, 1.807) is 50.0 Å². The van der Waals surface area contributed by atoms with Crippen LogP contribution in [-0.2, 0) is 63.2 Å². The van der Waals surface area contributed by atoms with Crippen LogP contribution in [0.5, 0.6) is 0 Å². The molecule has 15 heterocycles. The van der Waals surface area contributed by atoms with Crippen LogP contribution in [0.25, 0.3) is 252 Å². The minimum atomic E-state index is 0. The summed E-state index contributed by atoms with van der Waals surface area (Å²) >= 11 is 0. The van der Waals surface area contributed by atoms with Crippen molar-refractivity contribution in [3.05, 3.63) is 420 Å². The third kappa shape index (κ3) is 15.5. The molecule has 0 saturated carbocycles. The minimum absolute atomic E-state index is 0. The van der Waals surface area contributed by atoms with Crippen LogP contribution in [-0.4, -0.2) is 43.6 Å². The molecular formula is C114H63N9O9Pt3. The van der Waals surface area contributed by atoms with Crippen molar-refractivity contribution in [3.8, 4) is 153 Å². The first-order valence-corrected chi connectivity index (χ1v) is 42.7. The molecule has 0 atom stereocenters. The smallest absolute Gasteiger partial charge is 0.481 e. The number of oxazole rings is 3. The number of furan rings is 6. The number of pyridine rings is 3. The Labute approximate surface area is 811 Å². The van der Waals surface area contributed by atoms with Crippen molar-refractivity contribution in [3.63, 3.8) is 0 Å². The summed E-state index contributed by atoms with van der Waals surface area (Å²) < 4.78 is 59.7. The third-order valence-electron chi connectivity index (χ3n) is 23.6. The van der Waals surface area contributed by atoms with Crippen molar-refractivity contribution in [2.75, 3.05) is 0 Å². The Balaban J connectivity index is 0.000000116. The van der Waals surface area contributed by atoms with Crippen molar-refractivity contribution >= 4 is 98.7 Å². The van der Waals surface area contributed by atoms with Crippen LogP contribution in [0, 0.1) is 36.4 Å². The Morgan fingerprint density at radius 2 is 0.637 bits per heavy atom. The zero-order chi connectivity index (χ0) is 87.1. The van der Waals surface area contributed by atoms with E-state index in [0.717, 1.165) is 217 Å². The van der Waals surface area contributed by atoms with Gasteiger partial charge in [0.1, 0.15) is 57.5 Å². The molecule has 0 unspecified atom stereocenters. The van der Waals surface area contributed by atoms with E-state index < -0.39 is 0 Å². The van der Waals surface area contributed by atoms with Crippen molar-refractivity contribution in [2.24, 2.45) is 0 Å². The molecule has 0 saturated heterocycles. The normalized spacial score (nSPS) is 11.4. The average molecular weight is 2290 g/mol. The van der Waals surface area contributed by atoms with Gasteiger partial charge in [0, 0.05) is 57.4 Å². The van der Waals surface area contributed by atoms with Crippen LogP contribution in [0.15, 0.2) is 424 Å². The van der Waals surface area contributed by atoms with Gasteiger partial charge in [0.2, 0.25) is 0 Å². The quantitative estimate of drug-likeness (QED) is 0.0874. The summed E-state index contributed by atoms with van der Waals surface area (Å²) in [6.45, 7) is 0. The summed E-state index contributed by atoms with van der Waals surface area (Å²) in [7, 11) is 0. The summed E-state index contributed by atoms with van der Waals surface area (Å²) in [6.07, 6.45) is 15.5. The fraction of sp³-hybridized carbons (Fsp3) is 0. The first kappa shape index (κ1) is 84.2. The Bertz CT molecular complexity index is 8870. The van der Waals surface area contributed by atoms with E-state index >= 15 is 0 Å². The molecule has 12 aromatic carbocycles. The van der Waals surface area contributed by atoms with Crippen LogP contribution in [0.1, 0.15) is 0 Å². The Kier molecular flexibility index (Phi) is 22.3. The Morgan fingerprint density at radius 1 is 0.244 bits per heavy atom. The van der Waals surface area contributed by atoms with Gasteiger partial charge >= 0.3 is 63.2 Å². The number of hydrogen-bond donors (Lipinski definition) is 0. The molecule has 21 heteroatoms. The zero-order valence-corrected chi connectivity index (χ0v) is 77.3. The number of nitrogens with zero attached hydrogens (tertiary/aromatic N) is 9. The molecule has 0 aliphatic heterocycles. The van der Waals surface area contributed by atoms with Crippen molar-refractivity contribution in [1.29, 1.82) is 0 Å². The maximum absolute atomic E-state index is 6.28. The molecule has 0 radical (unpaired) electrons. The van der Waals surface area contributed by atoms with E-state index in [9.17, 15) is 0 Å². The maximum Gasteiger partial charge on any atom is 2.00 e. The van der Waals surface area contributed by atoms with E-state index in [-0.39, 0.29) is 63.2 Å². The fourth-order valence-corrected chi connectivity index (χ4v) is 17.5. The Hall–Kier alpha value is -16.4. The van der Waals surface area contributed by atoms with Crippen molar-refractivity contribution in [1.82, 2.24) is 43.6 Å². The maximum atomic E-state index is 6.28. The molecule has 27 rings (SSSR count). The van der Waals surface area contributed by atoms with Gasteiger partial charge < -0.3 is 68.4 Å². The average Bonchev–Trinajstić information content (AvgIpc) is 1.61. The van der Waals surface area contributed by atoms with E-state index in [4.69, 9.17) is 59.7 Å². The summed E-state index contributed by atoms with van der Waals surface area (Å²) in [5.41, 5.74) is 25.8. The second kappa shape index (κ2) is 35.7. The molecule has 0 aliphatic carbocycles. The van der Waals surface area contributed by atoms with Gasteiger partial charge in [0.25, 0.3) is 0 Å². The van der Waals surface area contributed by atoms with E-state index in [1.165, 1.54) is 0 Å². The summed E-state index contributed by atoms with van der Waals surface area (Å²) in [5.74, 6) is 6.16. The van der Waals surface area contributed by atoms with E-state index in [2.05, 4.69) is 151 Å². The van der Waals surface area contributed by atoms with Gasteiger partial charge in [-0.25, -0.2) is 0 Å². The van der Waals surface area contributed by atoms with E-state index in [1.807, 2.05) is 243 Å². The SMILES string of the molecule is [Pt+2].[Pt+2].[Pt+2].[c-]1c(-c2ccc(-c3ccco3)cn2)cccc1-n1c2[c-]c(-c3nc4ccccc4o3)ccc2c2cc(-c3ccco3)ccc21.[c-]1c(-c2ccccn2)ccc(-c2ccco2)c1-n1c2[c-]c(-c3nc4ccccc4o3)ccc2c2cc(-c3ccco3)ccc21.[c-]1c(-c2ccccn2)cccc1-n1c2[c-]c(-c3nc4ccccc4o3)c(-c3ccco3)cc2c2cc(-c3ccco3)ccc21. The monoisotopic (exact) mass is 2290 g/mol. The molecule has 15 aromatic heterocycles. The van der Waals surface area contributed by atoms with Gasteiger partial charge in [-0.3, -0.25) is 15.0 Å². The van der Waals surface area contributed by atoms with Gasteiger partial charge in [-0.2, -0.15) is 0 Å². The molecule has 0 N–H and O–H groups in total. The standard InChI is InChI=1S/3C38H21N3O3.3Pt/c1-2-9-37-32(8-1)40-38(44-37)26-12-15-29-30-21-25(35-10-4-18-42-35)14-17-33(30)41(34(29)22-26)28-7-3-6-24(20-28)31-16-13-27(23-39-31)36-11-5-19-43-36;1-2-12-37-32(11-1)40-38(44-37)30-23-34-28(22-29(30)36-14-7-19-43-36)27-21-25(35-13-6-18-42-35)15-16-33(27)41(34)26-9-5-8-24(20-26)31-10-3-4-17-39-31;1-2-9-37-31(8-1)40-38(44-37)26-13-15-27-29-21-25(35-10-5-19-42-35)14-17-32(29)41(33(27)23-26)34-22-24(30-7-3-4-18-39-30)12-16-28(34)36-11-6-20-43-36;;;/h1-19,21,23H;1-19,21-22H;1-21H;;;/q3*-2;3*+2. The molecular weight excluding hydrogens is 2220 g/mol. The molecule has 648 valence electrons. The van der Waals surface area contributed by atoms with Gasteiger partial charge in [0.05, 0.1) is 65.6 Å². The summed E-state index contributed by atoms with van der Waals surface area (Å²) in [5, 5.41) is 6.24. The van der Waals surface area contributed by atoms with E-state index in [0.29, 0.717) is 34.6 Å².